The van der Waals surface area contributed by atoms with E-state index in [1.807, 2.05) is 18.2 Å². The Morgan fingerprint density at radius 3 is 2.64 bits per heavy atom. The van der Waals surface area contributed by atoms with Crippen molar-refractivity contribution in [1.82, 2.24) is 10.1 Å². The summed E-state index contributed by atoms with van der Waals surface area (Å²) in [7, 11) is 0. The van der Waals surface area contributed by atoms with Crippen molar-refractivity contribution in [2.24, 2.45) is 0 Å². The molecule has 22 heavy (non-hydrogen) atoms. The molecule has 0 aliphatic heterocycles. The predicted molar refractivity (Wildman–Crippen MR) is 82.1 cm³/mol. The summed E-state index contributed by atoms with van der Waals surface area (Å²) in [5, 5.41) is 23.1. The average Bonchev–Trinajstić information content (AvgIpc) is 3.00. The number of hydrogen-bond donors (Lipinski definition) is 2. The monoisotopic (exact) mass is 302 g/mol. The fourth-order valence-electron chi connectivity index (χ4n) is 3.15. The molecule has 1 aliphatic rings. The zero-order valence-electron chi connectivity index (χ0n) is 12.6. The number of aromatic hydroxyl groups is 1. The van der Waals surface area contributed by atoms with Gasteiger partial charge in [-0.05, 0) is 43.4 Å². The van der Waals surface area contributed by atoms with Gasteiger partial charge in [0.25, 0.3) is 0 Å². The average molecular weight is 302 g/mol. The van der Waals surface area contributed by atoms with Crippen LogP contribution in [0, 0.1) is 0 Å². The molecule has 1 fully saturated rings. The Bertz CT molecular complexity index is 577. The van der Waals surface area contributed by atoms with E-state index in [1.165, 1.54) is 0 Å². The van der Waals surface area contributed by atoms with Gasteiger partial charge in [0.05, 0.1) is 18.8 Å². The lowest BCUT2D eigenvalue weighted by molar-refractivity contribution is 0.0622. The maximum atomic E-state index is 9.71. The van der Waals surface area contributed by atoms with E-state index in [0.29, 0.717) is 12.6 Å². The lowest BCUT2D eigenvalue weighted by Crippen LogP contribution is -2.38. The van der Waals surface area contributed by atoms with Crippen molar-refractivity contribution < 1.29 is 14.7 Å². The van der Waals surface area contributed by atoms with Gasteiger partial charge < -0.3 is 14.7 Å². The molecular weight excluding hydrogens is 280 g/mol. The predicted octanol–water partition coefficient (Wildman–Crippen LogP) is 2.69. The smallest absolute Gasteiger partial charge is 0.150 e. The summed E-state index contributed by atoms with van der Waals surface area (Å²) in [5.41, 5.74) is 1.07. The zero-order valence-corrected chi connectivity index (χ0v) is 12.6. The molecule has 0 saturated heterocycles. The molecule has 0 radical (unpaired) electrons. The molecule has 2 N–H and O–H groups in total. The maximum absolute atomic E-state index is 9.71. The van der Waals surface area contributed by atoms with Gasteiger partial charge in [0.1, 0.15) is 5.75 Å². The highest BCUT2D eigenvalue weighted by Crippen LogP contribution is 2.26. The first-order chi connectivity index (χ1) is 10.7. The molecule has 1 aromatic carbocycles. The summed E-state index contributed by atoms with van der Waals surface area (Å²) in [6.07, 6.45) is 5.15. The summed E-state index contributed by atoms with van der Waals surface area (Å²) in [5.74, 6) is 1.13. The van der Waals surface area contributed by atoms with Gasteiger partial charge in [0.2, 0.25) is 0 Å². The van der Waals surface area contributed by atoms with Gasteiger partial charge in [-0.2, -0.15) is 0 Å². The van der Waals surface area contributed by atoms with Gasteiger partial charge in [0.15, 0.2) is 5.76 Å². The van der Waals surface area contributed by atoms with Gasteiger partial charge in [-0.25, -0.2) is 0 Å². The lowest BCUT2D eigenvalue weighted by Gasteiger charge is -2.35. The quantitative estimate of drug-likeness (QED) is 0.888. The van der Waals surface area contributed by atoms with E-state index in [4.69, 9.17) is 4.52 Å². The van der Waals surface area contributed by atoms with Crippen molar-refractivity contribution in [2.75, 3.05) is 0 Å². The first kappa shape index (κ1) is 15.1. The first-order valence-corrected chi connectivity index (χ1v) is 7.80. The van der Waals surface area contributed by atoms with E-state index < -0.39 is 0 Å². The topological polar surface area (TPSA) is 69.7 Å². The van der Waals surface area contributed by atoms with Crippen molar-refractivity contribution in [3.8, 4) is 5.75 Å². The van der Waals surface area contributed by atoms with Crippen LogP contribution >= 0.6 is 0 Å². The second-order valence-corrected chi connectivity index (χ2v) is 6.02. The minimum absolute atomic E-state index is 0.163. The van der Waals surface area contributed by atoms with Crippen LogP contribution < -0.4 is 0 Å². The molecule has 5 heteroatoms. The van der Waals surface area contributed by atoms with Crippen LogP contribution in [0.4, 0.5) is 0 Å². The van der Waals surface area contributed by atoms with Crippen LogP contribution in [0.3, 0.4) is 0 Å². The van der Waals surface area contributed by atoms with Gasteiger partial charge in [-0.3, -0.25) is 4.90 Å². The number of aromatic nitrogens is 1. The standard InChI is InChI=1S/C17H22N2O3/c20-15-6-4-14(5-7-15)19(12-17-8-9-18-22-17)11-13-2-1-3-16(21)10-13/h1-3,8-10,14-15,20-21H,4-7,11-12H2. The molecule has 2 aromatic rings. The van der Waals surface area contributed by atoms with Crippen LogP contribution in [0.5, 0.6) is 5.75 Å². The number of aliphatic hydroxyl groups is 1. The van der Waals surface area contributed by atoms with E-state index in [1.54, 1.807) is 18.3 Å². The Morgan fingerprint density at radius 2 is 1.95 bits per heavy atom. The molecule has 0 amide bonds. The van der Waals surface area contributed by atoms with Crippen molar-refractivity contribution in [3.63, 3.8) is 0 Å². The Morgan fingerprint density at radius 1 is 1.14 bits per heavy atom. The summed E-state index contributed by atoms with van der Waals surface area (Å²) < 4.78 is 5.25. The highest BCUT2D eigenvalue weighted by molar-refractivity contribution is 5.27. The third-order valence-corrected chi connectivity index (χ3v) is 4.33. The number of aliphatic hydroxyl groups excluding tert-OH is 1. The van der Waals surface area contributed by atoms with E-state index in [-0.39, 0.29) is 11.9 Å². The molecule has 1 saturated carbocycles. The van der Waals surface area contributed by atoms with Crippen molar-refractivity contribution in [3.05, 3.63) is 47.9 Å². The maximum Gasteiger partial charge on any atom is 0.150 e. The van der Waals surface area contributed by atoms with E-state index in [0.717, 1.165) is 43.6 Å². The number of hydrogen-bond acceptors (Lipinski definition) is 5. The molecule has 3 rings (SSSR count). The number of phenols is 1. The SMILES string of the molecule is Oc1cccc(CN(Cc2ccno2)C2CCC(O)CC2)c1. The second-order valence-electron chi connectivity index (χ2n) is 6.02. The van der Waals surface area contributed by atoms with Crippen LogP contribution in [0.2, 0.25) is 0 Å². The summed E-state index contributed by atoms with van der Waals surface area (Å²) in [4.78, 5) is 2.35. The van der Waals surface area contributed by atoms with E-state index >= 15 is 0 Å². The molecule has 118 valence electrons. The highest BCUT2D eigenvalue weighted by atomic mass is 16.5. The fraction of sp³-hybridized carbons (Fsp3) is 0.471. The Kier molecular flexibility index (Phi) is 4.75. The Hall–Kier alpha value is -1.85. The van der Waals surface area contributed by atoms with Crippen molar-refractivity contribution in [2.45, 2.75) is 50.9 Å². The van der Waals surface area contributed by atoms with Gasteiger partial charge in [-0.1, -0.05) is 17.3 Å². The molecule has 0 atom stereocenters. The van der Waals surface area contributed by atoms with Crippen LogP contribution in [0.25, 0.3) is 0 Å². The molecular formula is C17H22N2O3. The summed E-state index contributed by atoms with van der Waals surface area (Å²) in [6.45, 7) is 1.44. The number of benzene rings is 1. The van der Waals surface area contributed by atoms with Crippen molar-refractivity contribution in [1.29, 1.82) is 0 Å². The molecule has 1 heterocycles. The van der Waals surface area contributed by atoms with Crippen molar-refractivity contribution >= 4 is 0 Å². The highest BCUT2D eigenvalue weighted by Gasteiger charge is 2.25. The Labute approximate surface area is 130 Å². The van der Waals surface area contributed by atoms with Crippen LogP contribution in [-0.2, 0) is 13.1 Å². The minimum atomic E-state index is -0.163. The molecule has 1 aliphatic carbocycles. The lowest BCUT2D eigenvalue weighted by atomic mass is 9.91. The Balaban J connectivity index is 1.73. The van der Waals surface area contributed by atoms with Gasteiger partial charge in [-0.15, -0.1) is 0 Å². The summed E-state index contributed by atoms with van der Waals surface area (Å²) >= 11 is 0. The van der Waals surface area contributed by atoms with Crippen LogP contribution in [-0.4, -0.2) is 32.4 Å². The molecule has 0 bridgehead atoms. The second kappa shape index (κ2) is 6.94. The first-order valence-electron chi connectivity index (χ1n) is 7.80. The fourth-order valence-corrected chi connectivity index (χ4v) is 3.15. The number of rotatable bonds is 5. The number of phenolic OH excluding ortho intramolecular Hbond substituents is 1. The zero-order chi connectivity index (χ0) is 15.4. The third-order valence-electron chi connectivity index (χ3n) is 4.33. The van der Waals surface area contributed by atoms with E-state index in [9.17, 15) is 10.2 Å². The van der Waals surface area contributed by atoms with Gasteiger partial charge >= 0.3 is 0 Å². The molecule has 0 unspecified atom stereocenters. The molecule has 1 aromatic heterocycles. The molecule has 0 spiro atoms. The minimum Gasteiger partial charge on any atom is -0.508 e. The van der Waals surface area contributed by atoms with Crippen LogP contribution in [0.1, 0.15) is 37.0 Å². The summed E-state index contributed by atoms with van der Waals surface area (Å²) in [6, 6.07) is 9.66. The number of nitrogens with zero attached hydrogens (tertiary/aromatic N) is 2. The third kappa shape index (κ3) is 3.87. The van der Waals surface area contributed by atoms with Crippen LogP contribution in [0.15, 0.2) is 41.1 Å². The normalized spacial score (nSPS) is 22.1. The van der Waals surface area contributed by atoms with Gasteiger partial charge in [0, 0.05) is 18.7 Å². The van der Waals surface area contributed by atoms with E-state index in [2.05, 4.69) is 10.1 Å². The molecule has 5 nitrogen and oxygen atoms in total. The largest absolute Gasteiger partial charge is 0.508 e.